The highest BCUT2D eigenvalue weighted by atomic mass is 16.6. The van der Waals surface area contributed by atoms with Crippen molar-refractivity contribution in [2.45, 2.75) is 33.3 Å². The number of carbonyl (C=O) groups excluding carboxylic acids is 2. The fourth-order valence-corrected chi connectivity index (χ4v) is 2.15. The SMILES string of the molecule is COC(=O)[C@H](CC(C)(C)C(=O)OC)Oc1ccc(C)cc1[N+](=O)[O-]. The van der Waals surface area contributed by atoms with Crippen LogP contribution in [0.2, 0.25) is 0 Å². The van der Waals surface area contributed by atoms with Crippen molar-refractivity contribution in [3.05, 3.63) is 33.9 Å². The molecule has 0 N–H and O–H groups in total. The average Bonchev–Trinajstić information content (AvgIpc) is 2.53. The van der Waals surface area contributed by atoms with Crippen molar-refractivity contribution in [2.24, 2.45) is 5.41 Å². The van der Waals surface area contributed by atoms with Gasteiger partial charge in [-0.05, 0) is 32.4 Å². The number of methoxy groups -OCH3 is 2. The highest BCUT2D eigenvalue weighted by Gasteiger charge is 2.37. The molecule has 0 heterocycles. The minimum absolute atomic E-state index is 0.0582. The van der Waals surface area contributed by atoms with Crippen LogP contribution in [0.4, 0.5) is 5.69 Å². The lowest BCUT2D eigenvalue weighted by Crippen LogP contribution is -2.37. The van der Waals surface area contributed by atoms with Gasteiger partial charge >= 0.3 is 17.6 Å². The third-order valence-corrected chi connectivity index (χ3v) is 3.48. The van der Waals surface area contributed by atoms with E-state index in [0.29, 0.717) is 5.56 Å². The summed E-state index contributed by atoms with van der Waals surface area (Å²) in [7, 11) is 2.41. The van der Waals surface area contributed by atoms with Crippen molar-refractivity contribution in [3.8, 4) is 5.75 Å². The molecule has 24 heavy (non-hydrogen) atoms. The topological polar surface area (TPSA) is 105 Å². The average molecular weight is 339 g/mol. The molecule has 8 heteroatoms. The predicted octanol–water partition coefficient (Wildman–Crippen LogP) is 2.41. The quantitative estimate of drug-likeness (QED) is 0.427. The molecule has 0 spiro atoms. The molecule has 1 rings (SSSR count). The van der Waals surface area contributed by atoms with E-state index in [-0.39, 0.29) is 17.9 Å². The van der Waals surface area contributed by atoms with Gasteiger partial charge in [-0.1, -0.05) is 6.07 Å². The summed E-state index contributed by atoms with van der Waals surface area (Å²) in [6.07, 6.45) is -1.25. The standard InChI is InChI=1S/C16H21NO7/c1-10-6-7-12(11(8-10)17(20)21)24-13(14(18)22-4)9-16(2,3)15(19)23-5/h6-8,13H,9H2,1-5H3/t13-/m0/s1. The number of rotatable bonds is 7. The Morgan fingerprint density at radius 2 is 1.88 bits per heavy atom. The number of nitro groups is 1. The Morgan fingerprint density at radius 1 is 1.25 bits per heavy atom. The van der Waals surface area contributed by atoms with Gasteiger partial charge in [0.25, 0.3) is 0 Å². The zero-order valence-corrected chi connectivity index (χ0v) is 14.3. The summed E-state index contributed by atoms with van der Waals surface area (Å²) in [6, 6.07) is 4.38. The molecule has 1 atom stereocenters. The van der Waals surface area contributed by atoms with E-state index in [0.717, 1.165) is 0 Å². The largest absolute Gasteiger partial charge is 0.471 e. The number of aryl methyl sites for hydroxylation is 1. The normalized spacial score (nSPS) is 12.2. The van der Waals surface area contributed by atoms with Crippen LogP contribution in [0.3, 0.4) is 0 Å². The van der Waals surface area contributed by atoms with Gasteiger partial charge in [0.05, 0.1) is 24.6 Å². The summed E-state index contributed by atoms with van der Waals surface area (Å²) < 4.78 is 14.9. The van der Waals surface area contributed by atoms with Crippen LogP contribution in [0.5, 0.6) is 5.75 Å². The molecule has 0 unspecified atom stereocenters. The lowest BCUT2D eigenvalue weighted by atomic mass is 9.86. The molecule has 0 saturated carbocycles. The first kappa shape index (κ1) is 19.4. The Labute approximate surface area is 139 Å². The summed E-state index contributed by atoms with van der Waals surface area (Å²) in [5.74, 6) is -1.33. The van der Waals surface area contributed by atoms with Crippen molar-refractivity contribution in [3.63, 3.8) is 0 Å². The summed E-state index contributed by atoms with van der Waals surface area (Å²) in [5.41, 5.74) is -0.620. The van der Waals surface area contributed by atoms with Crippen molar-refractivity contribution in [2.75, 3.05) is 14.2 Å². The van der Waals surface area contributed by atoms with E-state index in [1.54, 1.807) is 26.8 Å². The Kier molecular flexibility index (Phi) is 6.27. The number of hydrogen-bond acceptors (Lipinski definition) is 7. The van der Waals surface area contributed by atoms with Gasteiger partial charge in [0, 0.05) is 12.5 Å². The summed E-state index contributed by atoms with van der Waals surface area (Å²) >= 11 is 0. The van der Waals surface area contributed by atoms with Gasteiger partial charge in [0.2, 0.25) is 0 Å². The molecule has 132 valence electrons. The van der Waals surface area contributed by atoms with E-state index in [2.05, 4.69) is 4.74 Å². The van der Waals surface area contributed by atoms with E-state index in [9.17, 15) is 19.7 Å². The lowest BCUT2D eigenvalue weighted by Gasteiger charge is -2.26. The molecule has 0 aliphatic rings. The molecule has 8 nitrogen and oxygen atoms in total. The van der Waals surface area contributed by atoms with Gasteiger partial charge in [-0.3, -0.25) is 14.9 Å². The Hall–Kier alpha value is -2.64. The molecule has 0 saturated heterocycles. The number of esters is 2. The number of carbonyl (C=O) groups is 2. The molecular formula is C16H21NO7. The first-order valence-electron chi connectivity index (χ1n) is 7.20. The number of benzene rings is 1. The van der Waals surface area contributed by atoms with E-state index < -0.39 is 28.4 Å². The third kappa shape index (κ3) is 4.68. The van der Waals surface area contributed by atoms with Crippen LogP contribution in [0, 0.1) is 22.5 Å². The molecule has 0 fully saturated rings. The van der Waals surface area contributed by atoms with Crippen molar-refractivity contribution >= 4 is 17.6 Å². The van der Waals surface area contributed by atoms with Gasteiger partial charge in [-0.2, -0.15) is 0 Å². The Morgan fingerprint density at radius 3 is 2.38 bits per heavy atom. The van der Waals surface area contributed by atoms with Gasteiger partial charge < -0.3 is 14.2 Å². The second kappa shape index (κ2) is 7.76. The Bertz CT molecular complexity index is 639. The maximum absolute atomic E-state index is 12.0. The number of hydrogen-bond donors (Lipinski definition) is 0. The van der Waals surface area contributed by atoms with E-state index in [1.807, 2.05) is 0 Å². The maximum atomic E-state index is 12.0. The van der Waals surface area contributed by atoms with Gasteiger partial charge in [0.1, 0.15) is 0 Å². The zero-order chi connectivity index (χ0) is 18.5. The molecule has 0 radical (unpaired) electrons. The number of ether oxygens (including phenoxy) is 3. The van der Waals surface area contributed by atoms with Crippen LogP contribution < -0.4 is 4.74 Å². The van der Waals surface area contributed by atoms with E-state index in [4.69, 9.17) is 9.47 Å². The molecule has 1 aromatic carbocycles. The van der Waals surface area contributed by atoms with Crippen LogP contribution >= 0.6 is 0 Å². The fraction of sp³-hybridized carbons (Fsp3) is 0.500. The van der Waals surface area contributed by atoms with Crippen LogP contribution in [0.25, 0.3) is 0 Å². The first-order valence-corrected chi connectivity index (χ1v) is 7.20. The summed E-state index contributed by atoms with van der Waals surface area (Å²) in [5, 5.41) is 11.2. The fourth-order valence-electron chi connectivity index (χ4n) is 2.15. The van der Waals surface area contributed by atoms with Crippen molar-refractivity contribution in [1.82, 2.24) is 0 Å². The maximum Gasteiger partial charge on any atom is 0.347 e. The van der Waals surface area contributed by atoms with E-state index >= 15 is 0 Å². The smallest absolute Gasteiger partial charge is 0.347 e. The molecular weight excluding hydrogens is 318 g/mol. The van der Waals surface area contributed by atoms with Crippen molar-refractivity contribution < 1.29 is 28.7 Å². The minimum atomic E-state index is -1.19. The van der Waals surface area contributed by atoms with Crippen LogP contribution in [-0.4, -0.2) is 37.2 Å². The predicted molar refractivity (Wildman–Crippen MR) is 84.7 cm³/mol. The Balaban J connectivity index is 3.14. The van der Waals surface area contributed by atoms with Gasteiger partial charge in [0.15, 0.2) is 11.9 Å². The first-order chi connectivity index (χ1) is 11.1. The molecule has 1 aromatic rings. The molecule has 0 aliphatic heterocycles. The molecule has 0 amide bonds. The van der Waals surface area contributed by atoms with Crippen molar-refractivity contribution in [1.29, 1.82) is 0 Å². The lowest BCUT2D eigenvalue weighted by molar-refractivity contribution is -0.386. The molecule has 0 bridgehead atoms. The highest BCUT2D eigenvalue weighted by Crippen LogP contribution is 2.32. The van der Waals surface area contributed by atoms with Crippen LogP contribution in [0.15, 0.2) is 18.2 Å². The zero-order valence-electron chi connectivity index (χ0n) is 14.3. The monoisotopic (exact) mass is 339 g/mol. The van der Waals surface area contributed by atoms with Gasteiger partial charge in [-0.25, -0.2) is 4.79 Å². The molecule has 0 aliphatic carbocycles. The number of nitro benzene ring substituents is 1. The summed E-state index contributed by atoms with van der Waals surface area (Å²) in [4.78, 5) is 34.4. The number of nitrogens with zero attached hydrogens (tertiary/aromatic N) is 1. The van der Waals surface area contributed by atoms with E-state index in [1.165, 1.54) is 26.4 Å². The third-order valence-electron chi connectivity index (χ3n) is 3.48. The summed E-state index contributed by atoms with van der Waals surface area (Å²) in [6.45, 7) is 4.87. The highest BCUT2D eigenvalue weighted by molar-refractivity contribution is 5.79. The minimum Gasteiger partial charge on any atom is -0.471 e. The van der Waals surface area contributed by atoms with Crippen LogP contribution in [-0.2, 0) is 19.1 Å². The second-order valence-electron chi connectivity index (χ2n) is 5.94. The van der Waals surface area contributed by atoms with Gasteiger partial charge in [-0.15, -0.1) is 0 Å². The molecule has 0 aromatic heterocycles. The second-order valence-corrected chi connectivity index (χ2v) is 5.94. The van der Waals surface area contributed by atoms with Crippen LogP contribution in [0.1, 0.15) is 25.8 Å².